The summed E-state index contributed by atoms with van der Waals surface area (Å²) < 4.78 is 0. The third-order valence-corrected chi connectivity index (χ3v) is 2.73. The highest BCUT2D eigenvalue weighted by molar-refractivity contribution is 5.49. The Morgan fingerprint density at radius 1 is 1.53 bits per heavy atom. The van der Waals surface area contributed by atoms with Crippen LogP contribution < -0.4 is 5.43 Å². The van der Waals surface area contributed by atoms with Crippen molar-refractivity contribution in [2.45, 2.75) is 32.7 Å². The van der Waals surface area contributed by atoms with E-state index in [2.05, 4.69) is 29.2 Å². The lowest BCUT2D eigenvalue weighted by molar-refractivity contribution is -0.108. The summed E-state index contributed by atoms with van der Waals surface area (Å²) in [5, 5.41) is 2.14. The highest BCUT2D eigenvalue weighted by atomic mass is 16.1. The molecule has 1 unspecified atom stereocenters. The van der Waals surface area contributed by atoms with Crippen LogP contribution in [-0.4, -0.2) is 42.9 Å². The Kier molecular flexibility index (Phi) is 4.15. The SMILES string of the molecule is CC1=C(N(C)C)N(CCCC=O)NC1C. The third-order valence-electron chi connectivity index (χ3n) is 2.73. The third kappa shape index (κ3) is 2.72. The Morgan fingerprint density at radius 2 is 2.20 bits per heavy atom. The average molecular weight is 211 g/mol. The number of unbranched alkanes of at least 4 members (excludes halogenated alkanes) is 1. The van der Waals surface area contributed by atoms with E-state index in [-0.39, 0.29) is 0 Å². The second-order valence-corrected chi connectivity index (χ2v) is 4.21. The lowest BCUT2D eigenvalue weighted by Crippen LogP contribution is -2.39. The summed E-state index contributed by atoms with van der Waals surface area (Å²) in [5.41, 5.74) is 4.75. The van der Waals surface area contributed by atoms with Gasteiger partial charge in [0.2, 0.25) is 0 Å². The molecule has 1 heterocycles. The lowest BCUT2D eigenvalue weighted by atomic mass is 10.2. The first-order valence-electron chi connectivity index (χ1n) is 5.43. The van der Waals surface area contributed by atoms with Crippen molar-refractivity contribution >= 4 is 6.29 Å². The van der Waals surface area contributed by atoms with E-state index < -0.39 is 0 Å². The van der Waals surface area contributed by atoms with Crippen molar-refractivity contribution in [1.29, 1.82) is 0 Å². The summed E-state index contributed by atoms with van der Waals surface area (Å²) in [4.78, 5) is 12.4. The molecule has 1 N–H and O–H groups in total. The molecule has 4 heteroatoms. The highest BCUT2D eigenvalue weighted by Gasteiger charge is 2.25. The van der Waals surface area contributed by atoms with Gasteiger partial charge in [0.25, 0.3) is 0 Å². The van der Waals surface area contributed by atoms with Gasteiger partial charge in [-0.3, -0.25) is 5.01 Å². The number of nitrogens with one attached hydrogen (secondary N) is 1. The van der Waals surface area contributed by atoms with Gasteiger partial charge in [-0.05, 0) is 25.8 Å². The quantitative estimate of drug-likeness (QED) is 0.543. The first-order chi connectivity index (χ1) is 7.07. The zero-order valence-electron chi connectivity index (χ0n) is 10.1. The first kappa shape index (κ1) is 12.0. The fourth-order valence-corrected chi connectivity index (χ4v) is 1.90. The molecule has 0 fully saturated rings. The number of carbonyl (C=O) groups excluding carboxylic acids is 1. The summed E-state index contributed by atoms with van der Waals surface area (Å²) >= 11 is 0. The van der Waals surface area contributed by atoms with E-state index >= 15 is 0 Å². The number of hydrazine groups is 1. The average Bonchev–Trinajstić information content (AvgIpc) is 2.43. The molecule has 1 aliphatic heterocycles. The van der Waals surface area contributed by atoms with E-state index in [1.54, 1.807) is 0 Å². The minimum absolute atomic E-state index is 0.388. The van der Waals surface area contributed by atoms with Crippen molar-refractivity contribution in [3.8, 4) is 0 Å². The smallest absolute Gasteiger partial charge is 0.120 e. The Morgan fingerprint density at radius 3 is 2.73 bits per heavy atom. The molecule has 4 nitrogen and oxygen atoms in total. The molecule has 0 spiro atoms. The van der Waals surface area contributed by atoms with Crippen molar-refractivity contribution in [3.63, 3.8) is 0 Å². The number of hydrogen-bond donors (Lipinski definition) is 1. The molecule has 0 aromatic carbocycles. The van der Waals surface area contributed by atoms with Gasteiger partial charge in [0.05, 0.1) is 0 Å². The van der Waals surface area contributed by atoms with Crippen LogP contribution in [0.2, 0.25) is 0 Å². The molecule has 1 atom stereocenters. The molecule has 0 aromatic heterocycles. The van der Waals surface area contributed by atoms with Crippen LogP contribution in [-0.2, 0) is 4.79 Å². The van der Waals surface area contributed by atoms with E-state index in [9.17, 15) is 4.79 Å². The Balaban J connectivity index is 2.62. The van der Waals surface area contributed by atoms with Gasteiger partial charge in [-0.1, -0.05) is 0 Å². The molecule has 0 aliphatic carbocycles. The Labute approximate surface area is 91.9 Å². The fraction of sp³-hybridized carbons (Fsp3) is 0.727. The van der Waals surface area contributed by atoms with E-state index in [4.69, 9.17) is 0 Å². The van der Waals surface area contributed by atoms with Gasteiger partial charge in [0, 0.05) is 33.1 Å². The van der Waals surface area contributed by atoms with Crippen LogP contribution in [0.5, 0.6) is 0 Å². The van der Waals surface area contributed by atoms with Crippen molar-refractivity contribution in [1.82, 2.24) is 15.3 Å². The van der Waals surface area contributed by atoms with E-state index in [1.807, 2.05) is 14.1 Å². The van der Waals surface area contributed by atoms with Crippen molar-refractivity contribution in [2.75, 3.05) is 20.6 Å². The fourth-order valence-electron chi connectivity index (χ4n) is 1.90. The molecule has 1 rings (SSSR count). The summed E-state index contributed by atoms with van der Waals surface area (Å²) in [6.07, 6.45) is 2.51. The molecular formula is C11H21N3O. The minimum atomic E-state index is 0.388. The van der Waals surface area contributed by atoms with Gasteiger partial charge >= 0.3 is 0 Å². The zero-order chi connectivity index (χ0) is 11.4. The largest absolute Gasteiger partial charge is 0.363 e. The van der Waals surface area contributed by atoms with E-state index in [1.165, 1.54) is 11.4 Å². The lowest BCUT2D eigenvalue weighted by Gasteiger charge is -2.27. The van der Waals surface area contributed by atoms with Crippen LogP contribution in [0, 0.1) is 0 Å². The summed E-state index contributed by atoms with van der Waals surface area (Å²) in [5.74, 6) is 1.23. The van der Waals surface area contributed by atoms with Gasteiger partial charge in [-0.2, -0.15) is 0 Å². The maximum absolute atomic E-state index is 10.3. The van der Waals surface area contributed by atoms with Gasteiger partial charge in [-0.25, -0.2) is 5.43 Å². The van der Waals surface area contributed by atoms with Gasteiger partial charge in [-0.15, -0.1) is 0 Å². The number of nitrogens with zero attached hydrogens (tertiary/aromatic N) is 2. The molecule has 0 saturated carbocycles. The van der Waals surface area contributed by atoms with Crippen LogP contribution in [0.3, 0.4) is 0 Å². The number of aldehydes is 1. The molecule has 0 saturated heterocycles. The number of rotatable bonds is 5. The summed E-state index contributed by atoms with van der Waals surface area (Å²) in [6.45, 7) is 5.18. The topological polar surface area (TPSA) is 35.6 Å². The number of carbonyl (C=O) groups is 1. The Bertz CT molecular complexity index is 261. The van der Waals surface area contributed by atoms with Crippen molar-refractivity contribution in [2.24, 2.45) is 0 Å². The van der Waals surface area contributed by atoms with Crippen molar-refractivity contribution in [3.05, 3.63) is 11.4 Å². The molecule has 0 radical (unpaired) electrons. The second kappa shape index (κ2) is 5.16. The summed E-state index contributed by atoms with van der Waals surface area (Å²) in [6, 6.07) is 0.388. The molecule has 1 aliphatic rings. The van der Waals surface area contributed by atoms with Crippen LogP contribution in [0.1, 0.15) is 26.7 Å². The van der Waals surface area contributed by atoms with Gasteiger partial charge < -0.3 is 9.69 Å². The van der Waals surface area contributed by atoms with Crippen molar-refractivity contribution < 1.29 is 4.79 Å². The highest BCUT2D eigenvalue weighted by Crippen LogP contribution is 2.21. The molecular weight excluding hydrogens is 190 g/mol. The van der Waals surface area contributed by atoms with Gasteiger partial charge in [0.15, 0.2) is 0 Å². The first-order valence-corrected chi connectivity index (χ1v) is 5.43. The van der Waals surface area contributed by atoms with Crippen LogP contribution >= 0.6 is 0 Å². The van der Waals surface area contributed by atoms with E-state index in [0.29, 0.717) is 12.5 Å². The standard InChI is InChI=1S/C11H21N3O/c1-9-10(2)12-14(7-5-6-8-15)11(9)13(3)4/h8,10,12H,5-7H2,1-4H3. The molecule has 15 heavy (non-hydrogen) atoms. The minimum Gasteiger partial charge on any atom is -0.363 e. The second-order valence-electron chi connectivity index (χ2n) is 4.21. The molecule has 86 valence electrons. The maximum atomic E-state index is 10.3. The predicted molar refractivity (Wildman–Crippen MR) is 61.0 cm³/mol. The predicted octanol–water partition coefficient (Wildman–Crippen LogP) is 0.967. The molecule has 0 bridgehead atoms. The number of hydrogen-bond acceptors (Lipinski definition) is 4. The van der Waals surface area contributed by atoms with Crippen LogP contribution in [0.15, 0.2) is 11.4 Å². The molecule has 0 amide bonds. The normalized spacial score (nSPS) is 21.1. The summed E-state index contributed by atoms with van der Waals surface area (Å²) in [7, 11) is 4.09. The van der Waals surface area contributed by atoms with Gasteiger partial charge in [0.1, 0.15) is 12.1 Å². The van der Waals surface area contributed by atoms with E-state index in [0.717, 1.165) is 19.3 Å². The maximum Gasteiger partial charge on any atom is 0.120 e. The van der Waals surface area contributed by atoms with Crippen LogP contribution in [0.4, 0.5) is 0 Å². The Hall–Kier alpha value is -1.03. The monoisotopic (exact) mass is 211 g/mol. The molecule has 0 aromatic rings. The zero-order valence-corrected chi connectivity index (χ0v) is 10.1. The van der Waals surface area contributed by atoms with Crippen LogP contribution in [0.25, 0.3) is 0 Å².